The van der Waals surface area contributed by atoms with E-state index in [0.717, 1.165) is 10.1 Å². The third-order valence-electron chi connectivity index (χ3n) is 6.35. The van der Waals surface area contributed by atoms with Gasteiger partial charge in [0.2, 0.25) is 11.8 Å². The van der Waals surface area contributed by atoms with Gasteiger partial charge in [0.1, 0.15) is 4.88 Å². The zero-order valence-electron chi connectivity index (χ0n) is 21.0. The number of carbonyl (C=O) groups is 3. The molecule has 0 unspecified atom stereocenters. The van der Waals surface area contributed by atoms with E-state index < -0.39 is 35.6 Å². The number of ketones is 1. The normalized spacial score (nSPS) is 12.9. The summed E-state index contributed by atoms with van der Waals surface area (Å²) in [5, 5.41) is 26.8. The first kappa shape index (κ1) is 27.2. The lowest BCUT2D eigenvalue weighted by molar-refractivity contribution is -0.122. The number of rotatable bonds is 9. The van der Waals surface area contributed by atoms with Crippen LogP contribution >= 0.6 is 22.9 Å². The third-order valence-corrected chi connectivity index (χ3v) is 8.03. The maximum atomic E-state index is 13.3. The molecule has 198 valence electrons. The van der Waals surface area contributed by atoms with Gasteiger partial charge in [-0.3, -0.25) is 19.4 Å². The largest absolute Gasteiger partial charge is 0.494 e. The molecule has 0 saturated carbocycles. The molecule has 5 N–H and O–H groups in total. The van der Waals surface area contributed by atoms with Gasteiger partial charge in [0.15, 0.2) is 11.7 Å². The van der Waals surface area contributed by atoms with Gasteiger partial charge >= 0.3 is 0 Å². The predicted molar refractivity (Wildman–Crippen MR) is 148 cm³/mol. The minimum atomic E-state index is -0.966. The van der Waals surface area contributed by atoms with E-state index >= 15 is 0 Å². The second kappa shape index (κ2) is 11.3. The summed E-state index contributed by atoms with van der Waals surface area (Å²) in [6.07, 6.45) is -0.141. The fourth-order valence-corrected chi connectivity index (χ4v) is 5.72. The Morgan fingerprint density at radius 3 is 2.24 bits per heavy atom. The van der Waals surface area contributed by atoms with Crippen LogP contribution in [0.5, 0.6) is 11.8 Å². The summed E-state index contributed by atoms with van der Waals surface area (Å²) in [5.74, 6) is -2.49. The van der Waals surface area contributed by atoms with Crippen LogP contribution in [0.3, 0.4) is 0 Å². The molecule has 0 spiro atoms. The molecule has 0 aliphatic carbocycles. The first-order valence-corrected chi connectivity index (χ1v) is 13.2. The number of H-pyrrole nitrogens is 1. The Hall–Kier alpha value is -3.82. The van der Waals surface area contributed by atoms with Crippen LogP contribution in [0.1, 0.15) is 57.5 Å². The van der Waals surface area contributed by atoms with Crippen molar-refractivity contribution >= 4 is 50.6 Å². The third kappa shape index (κ3) is 5.54. The second-order valence-electron chi connectivity index (χ2n) is 9.36. The molecule has 0 bridgehead atoms. The molecule has 38 heavy (non-hydrogen) atoms. The van der Waals surface area contributed by atoms with Crippen molar-refractivity contribution in [2.75, 3.05) is 0 Å². The molecule has 2 amide bonds. The molecule has 4 aromatic rings. The monoisotopic (exact) mass is 553 g/mol. The number of halogens is 1. The van der Waals surface area contributed by atoms with Crippen LogP contribution in [0.15, 0.2) is 54.6 Å². The van der Waals surface area contributed by atoms with Crippen LogP contribution in [0.2, 0.25) is 5.02 Å². The first-order chi connectivity index (χ1) is 18.1. The van der Waals surface area contributed by atoms with Crippen LogP contribution in [0, 0.1) is 12.8 Å². The van der Waals surface area contributed by atoms with Gasteiger partial charge < -0.3 is 20.8 Å². The molecule has 4 rings (SSSR count). The summed E-state index contributed by atoms with van der Waals surface area (Å²) < 4.78 is 0.879. The number of thiophene rings is 1. The lowest BCUT2D eigenvalue weighted by atomic mass is 9.93. The number of aromatic hydroxyl groups is 2. The average Bonchev–Trinajstić information content (AvgIpc) is 3.36. The Bertz CT molecular complexity index is 1500. The zero-order valence-corrected chi connectivity index (χ0v) is 22.6. The van der Waals surface area contributed by atoms with E-state index in [4.69, 9.17) is 11.6 Å². The summed E-state index contributed by atoms with van der Waals surface area (Å²) in [6, 6.07) is 14.9. The van der Waals surface area contributed by atoms with E-state index in [-0.39, 0.29) is 29.3 Å². The standard InChI is InChI=1S/C28H28ClN3O5S/c1-14(2)23(24(34)21-15(3)26(35)32-27(21)36)31-20(33)13-18(16-9-5-4-6-10-16)30-28(37)25-22(29)17-11-7-8-12-19(17)38-25/h4-12,14,18,23,32,35-36H,13H2,1-3H3,(H,30,37)(H,31,33)/t18-,23-/m0/s1. The van der Waals surface area contributed by atoms with Crippen molar-refractivity contribution in [3.05, 3.63) is 81.2 Å². The topological polar surface area (TPSA) is 132 Å². The van der Waals surface area contributed by atoms with Gasteiger partial charge in [-0.25, -0.2) is 0 Å². The maximum absolute atomic E-state index is 13.3. The van der Waals surface area contributed by atoms with E-state index in [9.17, 15) is 24.6 Å². The minimum Gasteiger partial charge on any atom is -0.494 e. The number of amides is 2. The second-order valence-corrected chi connectivity index (χ2v) is 10.8. The van der Waals surface area contributed by atoms with Gasteiger partial charge in [0, 0.05) is 15.6 Å². The quantitative estimate of drug-likeness (QED) is 0.175. The Balaban J connectivity index is 1.56. The number of aromatic nitrogens is 1. The number of Topliss-reactive ketones (excluding diaryl/α,β-unsaturated/α-hetero) is 1. The molecule has 0 radical (unpaired) electrons. The average molecular weight is 554 g/mol. The number of hydrogen-bond acceptors (Lipinski definition) is 6. The molecule has 0 saturated heterocycles. The molecule has 0 aliphatic heterocycles. The minimum absolute atomic E-state index is 0.0752. The van der Waals surface area contributed by atoms with Gasteiger partial charge in [-0.15, -0.1) is 11.3 Å². The van der Waals surface area contributed by atoms with E-state index in [1.807, 2.05) is 42.5 Å². The highest BCUT2D eigenvalue weighted by Gasteiger charge is 2.32. The summed E-state index contributed by atoms with van der Waals surface area (Å²) >= 11 is 7.78. The van der Waals surface area contributed by atoms with Crippen molar-refractivity contribution in [3.8, 4) is 11.8 Å². The number of carbonyl (C=O) groups excluding carboxylic acids is 3. The van der Waals surface area contributed by atoms with Crippen LogP contribution in [-0.2, 0) is 4.79 Å². The molecular weight excluding hydrogens is 526 g/mol. The Labute approximate surface area is 228 Å². The highest BCUT2D eigenvalue weighted by atomic mass is 35.5. The molecular formula is C28H28ClN3O5S. The summed E-state index contributed by atoms with van der Waals surface area (Å²) in [6.45, 7) is 5.03. The highest BCUT2D eigenvalue weighted by Crippen LogP contribution is 2.35. The van der Waals surface area contributed by atoms with Crippen LogP contribution in [0.4, 0.5) is 0 Å². The Kier molecular flexibility index (Phi) is 8.08. The van der Waals surface area contributed by atoms with Crippen LogP contribution in [0.25, 0.3) is 10.1 Å². The van der Waals surface area contributed by atoms with Gasteiger partial charge in [-0.1, -0.05) is 74.0 Å². The smallest absolute Gasteiger partial charge is 0.263 e. The molecule has 8 nitrogen and oxygen atoms in total. The van der Waals surface area contributed by atoms with Gasteiger partial charge in [0.05, 0.1) is 29.1 Å². The molecule has 0 aliphatic rings. The first-order valence-electron chi connectivity index (χ1n) is 12.0. The fraction of sp³-hybridized carbons (Fsp3) is 0.250. The van der Waals surface area contributed by atoms with E-state index in [0.29, 0.717) is 15.5 Å². The molecule has 0 fully saturated rings. The van der Waals surface area contributed by atoms with Gasteiger partial charge in [-0.2, -0.15) is 0 Å². The van der Waals surface area contributed by atoms with Crippen molar-refractivity contribution in [2.24, 2.45) is 5.92 Å². The predicted octanol–water partition coefficient (Wildman–Crippen LogP) is 5.49. The number of benzene rings is 2. The maximum Gasteiger partial charge on any atom is 0.263 e. The van der Waals surface area contributed by atoms with Gasteiger partial charge in [-0.05, 0) is 24.5 Å². The number of fused-ring (bicyclic) bond motifs is 1. The zero-order chi connectivity index (χ0) is 27.6. The number of aromatic amines is 1. The highest BCUT2D eigenvalue weighted by molar-refractivity contribution is 7.21. The Morgan fingerprint density at radius 1 is 0.974 bits per heavy atom. The van der Waals surface area contributed by atoms with E-state index in [2.05, 4.69) is 15.6 Å². The lowest BCUT2D eigenvalue weighted by Gasteiger charge is -2.24. The number of hydrogen-bond donors (Lipinski definition) is 5. The Morgan fingerprint density at radius 2 is 1.63 bits per heavy atom. The summed E-state index contributed by atoms with van der Waals surface area (Å²) in [4.78, 5) is 42.4. The van der Waals surface area contributed by atoms with Crippen molar-refractivity contribution in [1.29, 1.82) is 0 Å². The summed E-state index contributed by atoms with van der Waals surface area (Å²) in [7, 11) is 0. The van der Waals surface area contributed by atoms with Crippen molar-refractivity contribution in [3.63, 3.8) is 0 Å². The molecule has 10 heteroatoms. The molecule has 2 aromatic carbocycles. The van der Waals surface area contributed by atoms with Crippen molar-refractivity contribution < 1.29 is 24.6 Å². The van der Waals surface area contributed by atoms with Crippen molar-refractivity contribution in [2.45, 2.75) is 39.3 Å². The summed E-state index contributed by atoms with van der Waals surface area (Å²) in [5.41, 5.74) is 0.834. The molecule has 2 atom stereocenters. The van der Waals surface area contributed by atoms with Gasteiger partial charge in [0.25, 0.3) is 5.91 Å². The fourth-order valence-electron chi connectivity index (χ4n) is 4.30. The molecule has 2 aromatic heterocycles. The van der Waals surface area contributed by atoms with Crippen LogP contribution < -0.4 is 10.6 Å². The SMILES string of the molecule is Cc1c(O)[nH]c(O)c1C(=O)[C@@H](NC(=O)C[C@H](NC(=O)c1sc2ccccc2c1Cl)c1ccccc1)C(C)C. The lowest BCUT2D eigenvalue weighted by Crippen LogP contribution is -2.45. The van der Waals surface area contributed by atoms with E-state index in [1.54, 1.807) is 26.0 Å². The van der Waals surface area contributed by atoms with Crippen LogP contribution in [-0.4, -0.2) is 38.8 Å². The molecule has 2 heterocycles. The van der Waals surface area contributed by atoms with E-state index in [1.165, 1.54) is 18.3 Å². The van der Waals surface area contributed by atoms with Crippen molar-refractivity contribution in [1.82, 2.24) is 15.6 Å². The number of nitrogens with one attached hydrogen (secondary N) is 3.